The Morgan fingerprint density at radius 1 is 1.17 bits per heavy atom. The van der Waals surface area contributed by atoms with Crippen molar-refractivity contribution >= 4 is 5.69 Å². The van der Waals surface area contributed by atoms with E-state index in [0.29, 0.717) is 6.42 Å². The third-order valence-corrected chi connectivity index (χ3v) is 2.64. The van der Waals surface area contributed by atoms with E-state index in [9.17, 15) is 17.6 Å². The Hall–Kier alpha value is -1.72. The molecule has 18 heavy (non-hydrogen) atoms. The minimum atomic E-state index is -1.43. The fourth-order valence-electron chi connectivity index (χ4n) is 1.68. The molecule has 0 radical (unpaired) electrons. The molecule has 98 valence electrons. The summed E-state index contributed by atoms with van der Waals surface area (Å²) in [6.07, 6.45) is 4.49. The van der Waals surface area contributed by atoms with Crippen LogP contribution in [-0.4, -0.2) is 12.6 Å². The lowest BCUT2D eigenvalue weighted by Gasteiger charge is -2.20. The maximum atomic E-state index is 13.3. The molecule has 0 fully saturated rings. The molecular formula is C12H11F4NO. The van der Waals surface area contributed by atoms with Gasteiger partial charge < -0.3 is 10.1 Å². The molecule has 0 amide bonds. The van der Waals surface area contributed by atoms with Crippen LogP contribution in [0.3, 0.4) is 0 Å². The third-order valence-electron chi connectivity index (χ3n) is 2.64. The van der Waals surface area contributed by atoms with E-state index in [-0.39, 0.29) is 18.7 Å². The predicted molar refractivity (Wildman–Crippen MR) is 58.0 cm³/mol. The second kappa shape index (κ2) is 5.29. The smallest absolute Gasteiger partial charge is 0.185 e. The zero-order valence-corrected chi connectivity index (χ0v) is 9.35. The summed E-state index contributed by atoms with van der Waals surface area (Å²) in [5.41, 5.74) is -0.800. The van der Waals surface area contributed by atoms with Gasteiger partial charge in [-0.05, 0) is 18.9 Å². The second-order valence-corrected chi connectivity index (χ2v) is 3.93. The van der Waals surface area contributed by atoms with Crippen molar-refractivity contribution in [3.05, 3.63) is 41.7 Å². The summed E-state index contributed by atoms with van der Waals surface area (Å²) in [6.45, 7) is 0.0705. The van der Waals surface area contributed by atoms with Crippen molar-refractivity contribution in [3.63, 3.8) is 0 Å². The average Bonchev–Trinajstić information content (AvgIpc) is 2.38. The zero-order valence-electron chi connectivity index (χ0n) is 9.35. The van der Waals surface area contributed by atoms with Gasteiger partial charge in [0.15, 0.2) is 23.3 Å². The SMILES string of the molecule is Fc1cc(F)c(F)c(NCC2CCC=CO2)c1F. The molecule has 1 aromatic carbocycles. The lowest BCUT2D eigenvalue weighted by molar-refractivity contribution is 0.135. The van der Waals surface area contributed by atoms with Crippen LogP contribution in [0.15, 0.2) is 18.4 Å². The van der Waals surface area contributed by atoms with E-state index in [0.717, 1.165) is 6.42 Å². The minimum Gasteiger partial charge on any atom is -0.497 e. The van der Waals surface area contributed by atoms with Crippen molar-refractivity contribution in [1.29, 1.82) is 0 Å². The molecule has 1 aromatic rings. The Morgan fingerprint density at radius 3 is 2.39 bits per heavy atom. The number of allylic oxidation sites excluding steroid dienone is 1. The highest BCUT2D eigenvalue weighted by Crippen LogP contribution is 2.24. The first-order chi connectivity index (χ1) is 8.59. The van der Waals surface area contributed by atoms with E-state index in [1.165, 1.54) is 6.26 Å². The monoisotopic (exact) mass is 261 g/mol. The first kappa shape index (κ1) is 12.7. The normalized spacial score (nSPS) is 18.6. The van der Waals surface area contributed by atoms with Crippen LogP contribution in [0.4, 0.5) is 23.2 Å². The van der Waals surface area contributed by atoms with E-state index in [1.807, 2.05) is 6.08 Å². The molecule has 1 unspecified atom stereocenters. The van der Waals surface area contributed by atoms with Gasteiger partial charge in [0.2, 0.25) is 0 Å². The first-order valence-corrected chi connectivity index (χ1v) is 5.47. The highest BCUT2D eigenvalue weighted by atomic mass is 19.2. The molecule has 0 saturated carbocycles. The number of hydrogen-bond acceptors (Lipinski definition) is 2. The summed E-state index contributed by atoms with van der Waals surface area (Å²) in [4.78, 5) is 0. The third kappa shape index (κ3) is 2.57. The lowest BCUT2D eigenvalue weighted by atomic mass is 10.1. The van der Waals surface area contributed by atoms with Gasteiger partial charge in [-0.3, -0.25) is 0 Å². The van der Waals surface area contributed by atoms with E-state index >= 15 is 0 Å². The van der Waals surface area contributed by atoms with Crippen LogP contribution in [0.5, 0.6) is 0 Å². The molecule has 1 N–H and O–H groups in total. The van der Waals surface area contributed by atoms with Crippen LogP contribution in [0.25, 0.3) is 0 Å². The second-order valence-electron chi connectivity index (χ2n) is 3.93. The number of benzene rings is 1. The highest BCUT2D eigenvalue weighted by molar-refractivity contribution is 5.47. The van der Waals surface area contributed by atoms with Crippen molar-refractivity contribution in [2.45, 2.75) is 18.9 Å². The summed E-state index contributed by atoms with van der Waals surface area (Å²) in [7, 11) is 0. The van der Waals surface area contributed by atoms with Gasteiger partial charge in [-0.2, -0.15) is 0 Å². The number of nitrogens with one attached hydrogen (secondary N) is 1. The summed E-state index contributed by atoms with van der Waals surface area (Å²) >= 11 is 0. The van der Waals surface area contributed by atoms with Crippen LogP contribution < -0.4 is 5.32 Å². The largest absolute Gasteiger partial charge is 0.497 e. The maximum absolute atomic E-state index is 13.3. The molecule has 0 bridgehead atoms. The predicted octanol–water partition coefficient (Wildman–Crippen LogP) is 3.35. The average molecular weight is 261 g/mol. The van der Waals surface area contributed by atoms with Crippen LogP contribution >= 0.6 is 0 Å². The Balaban J connectivity index is 2.11. The first-order valence-electron chi connectivity index (χ1n) is 5.47. The number of halogens is 4. The van der Waals surface area contributed by atoms with Crippen molar-refractivity contribution in [2.75, 3.05) is 11.9 Å². The van der Waals surface area contributed by atoms with Crippen LogP contribution in [0.2, 0.25) is 0 Å². The van der Waals surface area contributed by atoms with Crippen molar-refractivity contribution < 1.29 is 22.3 Å². The summed E-state index contributed by atoms with van der Waals surface area (Å²) < 4.78 is 57.6. The van der Waals surface area contributed by atoms with Gasteiger partial charge in [-0.15, -0.1) is 0 Å². The van der Waals surface area contributed by atoms with E-state index < -0.39 is 29.0 Å². The van der Waals surface area contributed by atoms with Gasteiger partial charge in [0.25, 0.3) is 0 Å². The zero-order chi connectivity index (χ0) is 13.1. The van der Waals surface area contributed by atoms with Gasteiger partial charge >= 0.3 is 0 Å². The highest BCUT2D eigenvalue weighted by Gasteiger charge is 2.20. The van der Waals surface area contributed by atoms with Crippen molar-refractivity contribution in [2.24, 2.45) is 0 Å². The fraction of sp³-hybridized carbons (Fsp3) is 0.333. The van der Waals surface area contributed by atoms with Crippen molar-refractivity contribution in [1.82, 2.24) is 0 Å². The number of ether oxygens (including phenoxy) is 1. The number of hydrogen-bond donors (Lipinski definition) is 1. The summed E-state index contributed by atoms with van der Waals surface area (Å²) in [6, 6.07) is 0.176. The molecule has 1 heterocycles. The topological polar surface area (TPSA) is 21.3 Å². The molecule has 1 aliphatic rings. The minimum absolute atomic E-state index is 0.0705. The number of rotatable bonds is 3. The van der Waals surface area contributed by atoms with Gasteiger partial charge in [0, 0.05) is 6.07 Å². The molecule has 2 rings (SSSR count). The molecule has 0 aromatic heterocycles. The Labute approximate surface area is 101 Å². The van der Waals surface area contributed by atoms with Crippen LogP contribution in [0, 0.1) is 23.3 Å². The standard InChI is InChI=1S/C12H11F4NO/c13-8-5-9(14)11(16)12(10(8)15)17-6-7-3-1-2-4-18-7/h2,4-5,7,17H,1,3,6H2. The van der Waals surface area contributed by atoms with Gasteiger partial charge in [0.1, 0.15) is 11.8 Å². The lowest BCUT2D eigenvalue weighted by Crippen LogP contribution is -2.24. The molecule has 0 spiro atoms. The van der Waals surface area contributed by atoms with Gasteiger partial charge in [-0.1, -0.05) is 0 Å². The molecular weight excluding hydrogens is 250 g/mol. The molecule has 2 nitrogen and oxygen atoms in total. The van der Waals surface area contributed by atoms with Crippen LogP contribution in [-0.2, 0) is 4.74 Å². The summed E-state index contributed by atoms with van der Waals surface area (Å²) in [5, 5.41) is 2.34. The molecule has 0 saturated heterocycles. The molecule has 6 heteroatoms. The molecule has 0 aliphatic carbocycles. The Bertz CT molecular complexity index is 449. The molecule has 1 aliphatic heterocycles. The van der Waals surface area contributed by atoms with Gasteiger partial charge in [0.05, 0.1) is 12.8 Å². The number of anilines is 1. The van der Waals surface area contributed by atoms with Crippen molar-refractivity contribution in [3.8, 4) is 0 Å². The Morgan fingerprint density at radius 2 is 1.83 bits per heavy atom. The van der Waals surface area contributed by atoms with Gasteiger partial charge in [-0.25, -0.2) is 17.6 Å². The van der Waals surface area contributed by atoms with E-state index in [4.69, 9.17) is 4.74 Å². The summed E-state index contributed by atoms with van der Waals surface area (Å²) in [5.74, 6) is -5.72. The fourth-order valence-corrected chi connectivity index (χ4v) is 1.68. The van der Waals surface area contributed by atoms with E-state index in [1.54, 1.807) is 0 Å². The Kier molecular flexibility index (Phi) is 3.74. The maximum Gasteiger partial charge on any atom is 0.185 e. The van der Waals surface area contributed by atoms with Crippen LogP contribution in [0.1, 0.15) is 12.8 Å². The quantitative estimate of drug-likeness (QED) is 0.665. The molecule has 1 atom stereocenters. The van der Waals surface area contributed by atoms with E-state index in [2.05, 4.69) is 5.32 Å².